The van der Waals surface area contributed by atoms with Gasteiger partial charge in [0.15, 0.2) is 0 Å². The van der Waals surface area contributed by atoms with Gasteiger partial charge in [-0.2, -0.15) is 0 Å². The fourth-order valence-electron chi connectivity index (χ4n) is 2.37. The minimum Gasteiger partial charge on any atom is -0.361 e. The van der Waals surface area contributed by atoms with E-state index in [1.54, 1.807) is 0 Å². The van der Waals surface area contributed by atoms with Crippen LogP contribution in [-0.2, 0) is 0 Å². The van der Waals surface area contributed by atoms with Crippen LogP contribution in [-0.4, -0.2) is 21.2 Å². The lowest BCUT2D eigenvalue weighted by atomic mass is 9.73. The zero-order valence-corrected chi connectivity index (χ0v) is 10.2. The van der Waals surface area contributed by atoms with Gasteiger partial charge in [0.1, 0.15) is 0 Å². The third kappa shape index (κ3) is 2.57. The van der Waals surface area contributed by atoms with Crippen molar-refractivity contribution in [3.8, 4) is 0 Å². The van der Waals surface area contributed by atoms with E-state index in [4.69, 9.17) is 0 Å². The smallest absolute Gasteiger partial charge is 0.342 e. The van der Waals surface area contributed by atoms with Crippen molar-refractivity contribution in [2.45, 2.75) is 45.6 Å². The highest BCUT2D eigenvalue weighted by Crippen LogP contribution is 2.36. The molecule has 1 aromatic rings. The maximum absolute atomic E-state index is 11.5. The van der Waals surface area contributed by atoms with Crippen LogP contribution >= 0.6 is 0 Å². The van der Waals surface area contributed by atoms with Crippen LogP contribution in [0.3, 0.4) is 0 Å². The van der Waals surface area contributed by atoms with Crippen molar-refractivity contribution >= 4 is 5.82 Å². The van der Waals surface area contributed by atoms with Gasteiger partial charge in [0, 0.05) is 6.04 Å². The van der Waals surface area contributed by atoms with E-state index < -0.39 is 11.2 Å². The van der Waals surface area contributed by atoms with Gasteiger partial charge in [-0.25, -0.2) is 9.89 Å². The molecule has 1 aromatic heterocycles. The summed E-state index contributed by atoms with van der Waals surface area (Å²) in [5, 5.41) is 9.12. The van der Waals surface area contributed by atoms with Crippen LogP contribution in [0.2, 0.25) is 0 Å². The van der Waals surface area contributed by atoms with Gasteiger partial charge >= 0.3 is 5.69 Å². The van der Waals surface area contributed by atoms with E-state index in [0.29, 0.717) is 0 Å². The van der Waals surface area contributed by atoms with Crippen molar-refractivity contribution in [3.63, 3.8) is 0 Å². The summed E-state index contributed by atoms with van der Waals surface area (Å²) in [7, 11) is 0. The summed E-state index contributed by atoms with van der Waals surface area (Å²) in [5.41, 5.74) is -0.902. The van der Waals surface area contributed by atoms with E-state index in [1.807, 2.05) is 0 Å². The van der Waals surface area contributed by atoms with Crippen molar-refractivity contribution in [1.82, 2.24) is 15.2 Å². The maximum Gasteiger partial charge on any atom is 0.342 e. The van der Waals surface area contributed by atoms with Crippen molar-refractivity contribution < 1.29 is 0 Å². The number of aromatic nitrogens is 3. The van der Waals surface area contributed by atoms with E-state index >= 15 is 0 Å². The number of anilines is 1. The monoisotopic (exact) mass is 238 g/mol. The van der Waals surface area contributed by atoms with Crippen LogP contribution in [0.4, 0.5) is 5.82 Å². The van der Waals surface area contributed by atoms with Gasteiger partial charge in [0.25, 0.3) is 5.56 Å². The molecule has 6 heteroatoms. The predicted molar refractivity (Wildman–Crippen MR) is 65.1 cm³/mol. The van der Waals surface area contributed by atoms with Crippen LogP contribution in [0.15, 0.2) is 9.59 Å². The van der Waals surface area contributed by atoms with Gasteiger partial charge in [0.05, 0.1) is 0 Å². The van der Waals surface area contributed by atoms with Gasteiger partial charge in [-0.05, 0) is 18.3 Å². The van der Waals surface area contributed by atoms with Crippen LogP contribution in [0, 0.1) is 5.41 Å². The Bertz CT molecular complexity index is 503. The molecule has 2 rings (SSSR count). The molecule has 1 fully saturated rings. The minimum atomic E-state index is -0.580. The summed E-state index contributed by atoms with van der Waals surface area (Å²) in [6.45, 7) is 4.37. The Balaban J connectivity index is 2.20. The number of rotatable bonds is 2. The minimum absolute atomic E-state index is 0.141. The van der Waals surface area contributed by atoms with Gasteiger partial charge in [0.2, 0.25) is 5.82 Å². The lowest BCUT2D eigenvalue weighted by Gasteiger charge is -2.39. The Labute approximate surface area is 98.8 Å². The fraction of sp³-hybridized carbons (Fsp3) is 0.727. The molecule has 6 nitrogen and oxygen atoms in total. The Morgan fingerprint density at radius 1 is 1.35 bits per heavy atom. The van der Waals surface area contributed by atoms with Crippen molar-refractivity contribution in [2.75, 3.05) is 5.32 Å². The lowest BCUT2D eigenvalue weighted by molar-refractivity contribution is 0.216. The second-order valence-electron chi connectivity index (χ2n) is 5.29. The first kappa shape index (κ1) is 11.9. The summed E-state index contributed by atoms with van der Waals surface area (Å²) < 4.78 is 0. The molecule has 3 N–H and O–H groups in total. The number of hydrogen-bond donors (Lipinski definition) is 3. The summed E-state index contributed by atoms with van der Waals surface area (Å²) in [6.07, 6.45) is 4.53. The molecule has 0 radical (unpaired) electrons. The standard InChI is InChI=1S/C11H18N4O2/c1-11(2)6-4-3-5-7(11)12-8-9(16)13-10(17)15-14-8/h7H,3-6H2,1-2H3,(H,12,14)(H2,13,15,16,17). The number of hydrogen-bond acceptors (Lipinski definition) is 4. The summed E-state index contributed by atoms with van der Waals surface area (Å²) >= 11 is 0. The van der Waals surface area contributed by atoms with Crippen LogP contribution in [0.1, 0.15) is 39.5 Å². The first-order valence-corrected chi connectivity index (χ1v) is 5.94. The molecule has 1 aliphatic rings. The molecule has 0 spiro atoms. The van der Waals surface area contributed by atoms with Crippen molar-refractivity contribution in [3.05, 3.63) is 20.8 Å². The van der Waals surface area contributed by atoms with Gasteiger partial charge in [-0.3, -0.25) is 9.78 Å². The molecular formula is C11H18N4O2. The van der Waals surface area contributed by atoms with Crippen LogP contribution in [0.5, 0.6) is 0 Å². The third-order valence-corrected chi connectivity index (χ3v) is 3.53. The predicted octanol–water partition coefficient (Wildman–Crippen LogP) is 0.839. The van der Waals surface area contributed by atoms with Gasteiger partial charge < -0.3 is 5.32 Å². The van der Waals surface area contributed by atoms with Crippen LogP contribution < -0.4 is 16.6 Å². The van der Waals surface area contributed by atoms with E-state index in [9.17, 15) is 9.59 Å². The molecule has 0 aliphatic heterocycles. The fourth-order valence-corrected chi connectivity index (χ4v) is 2.37. The van der Waals surface area contributed by atoms with Crippen molar-refractivity contribution in [1.29, 1.82) is 0 Å². The van der Waals surface area contributed by atoms with E-state index in [-0.39, 0.29) is 17.3 Å². The zero-order valence-electron chi connectivity index (χ0n) is 10.2. The van der Waals surface area contributed by atoms with Crippen LogP contribution in [0.25, 0.3) is 0 Å². The molecule has 1 saturated carbocycles. The lowest BCUT2D eigenvalue weighted by Crippen LogP contribution is -2.41. The first-order chi connectivity index (χ1) is 7.99. The van der Waals surface area contributed by atoms with E-state index in [2.05, 4.69) is 34.3 Å². The Morgan fingerprint density at radius 3 is 2.76 bits per heavy atom. The average Bonchev–Trinajstić information content (AvgIpc) is 2.24. The van der Waals surface area contributed by atoms with E-state index in [1.165, 1.54) is 6.42 Å². The SMILES string of the molecule is CC1(C)CCCCC1Nc1n[nH]c(=O)[nH]c1=O. The van der Waals surface area contributed by atoms with Gasteiger partial charge in [-0.15, -0.1) is 5.10 Å². The second kappa shape index (κ2) is 4.35. The highest BCUT2D eigenvalue weighted by Gasteiger charge is 2.32. The number of nitrogens with one attached hydrogen (secondary N) is 3. The normalized spacial score (nSPS) is 23.3. The molecule has 0 bridgehead atoms. The highest BCUT2D eigenvalue weighted by molar-refractivity contribution is 5.31. The highest BCUT2D eigenvalue weighted by atomic mass is 16.2. The average molecular weight is 238 g/mol. The molecule has 94 valence electrons. The van der Waals surface area contributed by atoms with E-state index in [0.717, 1.165) is 19.3 Å². The van der Waals surface area contributed by atoms with Crippen molar-refractivity contribution in [2.24, 2.45) is 5.41 Å². The molecule has 1 aliphatic carbocycles. The molecule has 17 heavy (non-hydrogen) atoms. The Hall–Kier alpha value is -1.59. The zero-order chi connectivity index (χ0) is 12.5. The topological polar surface area (TPSA) is 90.6 Å². The summed E-state index contributed by atoms with van der Waals surface area (Å²) in [4.78, 5) is 24.5. The molecule has 1 atom stereocenters. The Kier molecular flexibility index (Phi) is 3.04. The quantitative estimate of drug-likeness (QED) is 0.712. The second-order valence-corrected chi connectivity index (χ2v) is 5.29. The first-order valence-electron chi connectivity index (χ1n) is 5.94. The molecule has 0 saturated heterocycles. The molecule has 1 heterocycles. The molecular weight excluding hydrogens is 220 g/mol. The largest absolute Gasteiger partial charge is 0.361 e. The molecule has 0 amide bonds. The summed E-state index contributed by atoms with van der Waals surface area (Å²) in [6, 6.07) is 0.218. The molecule has 1 unspecified atom stereocenters. The van der Waals surface area contributed by atoms with Gasteiger partial charge in [-0.1, -0.05) is 26.7 Å². The Morgan fingerprint density at radius 2 is 2.12 bits per heavy atom. The number of nitrogens with zero attached hydrogens (tertiary/aromatic N) is 1. The summed E-state index contributed by atoms with van der Waals surface area (Å²) in [5.74, 6) is 0.199. The number of H-pyrrole nitrogens is 2. The number of aromatic amines is 2. The third-order valence-electron chi connectivity index (χ3n) is 3.53. The molecule has 0 aromatic carbocycles. The maximum atomic E-state index is 11.5.